The number of halogens is 1. The lowest BCUT2D eigenvalue weighted by Gasteiger charge is -1.99. The number of nitrogens with zero attached hydrogens (tertiary/aromatic N) is 4. The monoisotopic (exact) mass is 248 g/mol. The fraction of sp³-hybridized carbons (Fsp3) is 0.273. The molecule has 1 rings (SSSR count). The summed E-state index contributed by atoms with van der Waals surface area (Å²) in [6.45, 7) is 1.85. The molecule has 0 saturated carbocycles. The van der Waals surface area contributed by atoms with E-state index >= 15 is 0 Å². The number of nitro groups is 1. The SMILES string of the molecule is Cc1cc([N+](=O)[O-])c(F)cc1C#CCCN=[N+]=[N-]. The van der Waals surface area contributed by atoms with E-state index in [4.69, 9.17) is 5.53 Å². The van der Waals surface area contributed by atoms with Gasteiger partial charge < -0.3 is 0 Å². The first-order valence-corrected chi connectivity index (χ1v) is 5.00. The molecule has 0 aliphatic carbocycles. The van der Waals surface area contributed by atoms with Crippen LogP contribution in [0.5, 0.6) is 0 Å². The summed E-state index contributed by atoms with van der Waals surface area (Å²) in [7, 11) is 0. The topological polar surface area (TPSA) is 91.9 Å². The molecule has 6 nitrogen and oxygen atoms in total. The van der Waals surface area contributed by atoms with Crippen LogP contribution in [-0.4, -0.2) is 11.5 Å². The summed E-state index contributed by atoms with van der Waals surface area (Å²) < 4.78 is 13.3. The van der Waals surface area contributed by atoms with Crippen molar-refractivity contribution in [1.29, 1.82) is 0 Å². The fourth-order valence-electron chi connectivity index (χ4n) is 1.25. The third kappa shape index (κ3) is 3.47. The summed E-state index contributed by atoms with van der Waals surface area (Å²) in [6, 6.07) is 2.18. The molecular formula is C11H9FN4O2. The highest BCUT2D eigenvalue weighted by Gasteiger charge is 2.15. The first kappa shape index (κ1) is 13.5. The van der Waals surface area contributed by atoms with Crippen molar-refractivity contribution in [3.63, 3.8) is 0 Å². The number of hydrogen-bond acceptors (Lipinski definition) is 3. The smallest absolute Gasteiger partial charge is 0.258 e. The van der Waals surface area contributed by atoms with E-state index in [1.54, 1.807) is 6.92 Å². The average molecular weight is 248 g/mol. The lowest BCUT2D eigenvalue weighted by Crippen LogP contribution is -1.95. The highest BCUT2D eigenvalue weighted by Crippen LogP contribution is 2.21. The van der Waals surface area contributed by atoms with E-state index in [1.165, 1.54) is 0 Å². The van der Waals surface area contributed by atoms with Gasteiger partial charge in [0.05, 0.1) is 4.92 Å². The Labute approximate surface area is 102 Å². The zero-order valence-electron chi connectivity index (χ0n) is 9.55. The Balaban J connectivity index is 2.94. The van der Waals surface area contributed by atoms with Crippen LogP contribution in [0.15, 0.2) is 17.2 Å². The highest BCUT2D eigenvalue weighted by molar-refractivity contribution is 5.48. The second-order valence-electron chi connectivity index (χ2n) is 3.38. The summed E-state index contributed by atoms with van der Waals surface area (Å²) >= 11 is 0. The average Bonchev–Trinajstić information content (AvgIpc) is 2.32. The predicted molar refractivity (Wildman–Crippen MR) is 63.3 cm³/mol. The Hall–Kier alpha value is -2.58. The standard InChI is InChI=1S/C11H9FN4O2/c1-8-6-11(16(17)18)10(12)7-9(8)4-2-3-5-14-15-13/h6-7H,3,5H2,1H3. The van der Waals surface area contributed by atoms with Crippen LogP contribution in [0.1, 0.15) is 17.5 Å². The molecule has 0 atom stereocenters. The molecule has 0 saturated heterocycles. The number of hydrogen-bond donors (Lipinski definition) is 0. The van der Waals surface area contributed by atoms with E-state index in [0.717, 1.165) is 12.1 Å². The van der Waals surface area contributed by atoms with Crippen molar-refractivity contribution in [3.05, 3.63) is 49.6 Å². The molecule has 0 heterocycles. The van der Waals surface area contributed by atoms with Crippen LogP contribution in [0.25, 0.3) is 10.4 Å². The number of benzene rings is 1. The minimum absolute atomic E-state index is 0.234. The van der Waals surface area contributed by atoms with Crippen LogP contribution in [0.4, 0.5) is 10.1 Å². The third-order valence-electron chi connectivity index (χ3n) is 2.11. The molecule has 92 valence electrons. The van der Waals surface area contributed by atoms with Gasteiger partial charge in [0.15, 0.2) is 0 Å². The van der Waals surface area contributed by atoms with E-state index in [1.807, 2.05) is 0 Å². The molecule has 1 aromatic rings. The van der Waals surface area contributed by atoms with Crippen LogP contribution in [0.3, 0.4) is 0 Å². The zero-order valence-corrected chi connectivity index (χ0v) is 9.55. The molecule has 0 aliphatic heterocycles. The van der Waals surface area contributed by atoms with Crippen molar-refractivity contribution >= 4 is 5.69 Å². The van der Waals surface area contributed by atoms with Crippen molar-refractivity contribution in [2.75, 3.05) is 6.54 Å². The predicted octanol–water partition coefficient (Wildman–Crippen LogP) is 3.09. The lowest BCUT2D eigenvalue weighted by molar-refractivity contribution is -0.387. The molecule has 0 bridgehead atoms. The summed E-state index contributed by atoms with van der Waals surface area (Å²) in [5.41, 5.74) is 8.39. The quantitative estimate of drug-likeness (QED) is 0.156. The number of azide groups is 1. The van der Waals surface area contributed by atoms with Gasteiger partial charge in [0, 0.05) is 29.5 Å². The Morgan fingerprint density at radius 2 is 2.33 bits per heavy atom. The number of rotatable bonds is 3. The summed E-state index contributed by atoms with van der Waals surface area (Å²) in [5, 5.41) is 13.8. The molecule has 7 heteroatoms. The minimum atomic E-state index is -0.912. The molecule has 1 aromatic carbocycles. The molecular weight excluding hydrogens is 239 g/mol. The van der Waals surface area contributed by atoms with Gasteiger partial charge in [0.2, 0.25) is 5.82 Å². The van der Waals surface area contributed by atoms with Gasteiger partial charge in [-0.05, 0) is 24.1 Å². The lowest BCUT2D eigenvalue weighted by atomic mass is 10.1. The van der Waals surface area contributed by atoms with Gasteiger partial charge >= 0.3 is 5.69 Å². The van der Waals surface area contributed by atoms with Gasteiger partial charge in [-0.3, -0.25) is 10.1 Å². The number of aryl methyl sites for hydroxylation is 1. The van der Waals surface area contributed by atoms with Gasteiger partial charge in [-0.25, -0.2) is 0 Å². The molecule has 0 aromatic heterocycles. The molecule has 0 radical (unpaired) electrons. The van der Waals surface area contributed by atoms with E-state index in [9.17, 15) is 14.5 Å². The van der Waals surface area contributed by atoms with Crippen LogP contribution in [0.2, 0.25) is 0 Å². The van der Waals surface area contributed by atoms with Crippen LogP contribution in [0, 0.1) is 34.7 Å². The normalized spacial score (nSPS) is 9.00. The Bertz CT molecular complexity index is 583. The molecule has 0 N–H and O–H groups in total. The van der Waals surface area contributed by atoms with E-state index in [2.05, 4.69) is 21.9 Å². The molecule has 0 unspecified atom stereocenters. The molecule has 0 amide bonds. The van der Waals surface area contributed by atoms with Crippen LogP contribution >= 0.6 is 0 Å². The van der Waals surface area contributed by atoms with Gasteiger partial charge in [-0.15, -0.1) is 0 Å². The third-order valence-corrected chi connectivity index (χ3v) is 2.11. The number of nitro benzene ring substituents is 1. The van der Waals surface area contributed by atoms with Crippen LogP contribution < -0.4 is 0 Å². The Kier molecular flexibility index (Phi) is 4.67. The minimum Gasteiger partial charge on any atom is -0.258 e. The Morgan fingerprint density at radius 3 is 2.94 bits per heavy atom. The van der Waals surface area contributed by atoms with Gasteiger partial charge in [0.25, 0.3) is 0 Å². The highest BCUT2D eigenvalue weighted by atomic mass is 19.1. The second-order valence-corrected chi connectivity index (χ2v) is 3.38. The van der Waals surface area contributed by atoms with E-state index in [-0.39, 0.29) is 6.54 Å². The fourth-order valence-corrected chi connectivity index (χ4v) is 1.25. The molecule has 0 spiro atoms. The first-order chi connectivity index (χ1) is 8.56. The van der Waals surface area contributed by atoms with Gasteiger partial charge in [-0.2, -0.15) is 4.39 Å². The zero-order chi connectivity index (χ0) is 13.5. The molecule has 18 heavy (non-hydrogen) atoms. The Morgan fingerprint density at radius 1 is 1.61 bits per heavy atom. The van der Waals surface area contributed by atoms with Crippen molar-refractivity contribution in [1.82, 2.24) is 0 Å². The van der Waals surface area contributed by atoms with E-state index < -0.39 is 16.4 Å². The maximum atomic E-state index is 13.3. The van der Waals surface area contributed by atoms with E-state index in [0.29, 0.717) is 17.5 Å². The van der Waals surface area contributed by atoms with Crippen LogP contribution in [-0.2, 0) is 0 Å². The summed E-state index contributed by atoms with van der Waals surface area (Å²) in [4.78, 5) is 12.3. The second kappa shape index (κ2) is 6.23. The van der Waals surface area contributed by atoms with Crippen molar-refractivity contribution < 1.29 is 9.31 Å². The van der Waals surface area contributed by atoms with Crippen molar-refractivity contribution in [2.45, 2.75) is 13.3 Å². The van der Waals surface area contributed by atoms with Gasteiger partial charge in [0.1, 0.15) is 0 Å². The first-order valence-electron chi connectivity index (χ1n) is 5.00. The maximum Gasteiger partial charge on any atom is 0.305 e. The van der Waals surface area contributed by atoms with Crippen molar-refractivity contribution in [3.8, 4) is 11.8 Å². The maximum absolute atomic E-state index is 13.3. The van der Waals surface area contributed by atoms with Gasteiger partial charge in [-0.1, -0.05) is 17.0 Å². The molecule has 0 aliphatic rings. The summed E-state index contributed by atoms with van der Waals surface area (Å²) in [5.74, 6) is 4.47. The molecule has 0 fully saturated rings. The largest absolute Gasteiger partial charge is 0.305 e. The van der Waals surface area contributed by atoms with Crippen molar-refractivity contribution in [2.24, 2.45) is 5.11 Å². The summed E-state index contributed by atoms with van der Waals surface area (Å²) in [6.07, 6.45) is 0.349.